The second kappa shape index (κ2) is 9.04. The van der Waals surface area contributed by atoms with Crippen molar-refractivity contribution in [3.63, 3.8) is 0 Å². The van der Waals surface area contributed by atoms with E-state index in [1.54, 1.807) is 21.8 Å². The SMILES string of the molecule is CCCOc1cn(-c2ccccc2)nc1C(=O)OCc1nncn1-c1ccccc1. The van der Waals surface area contributed by atoms with Crippen LogP contribution < -0.4 is 4.74 Å². The van der Waals surface area contributed by atoms with Crippen molar-refractivity contribution in [1.29, 1.82) is 0 Å². The van der Waals surface area contributed by atoms with Gasteiger partial charge in [0.05, 0.1) is 18.5 Å². The molecule has 0 radical (unpaired) electrons. The molecule has 0 amide bonds. The topological polar surface area (TPSA) is 84.1 Å². The minimum Gasteiger partial charge on any atom is -0.489 e. The normalized spacial score (nSPS) is 10.7. The maximum atomic E-state index is 12.8. The third-order valence-corrected chi connectivity index (χ3v) is 4.34. The predicted molar refractivity (Wildman–Crippen MR) is 110 cm³/mol. The zero-order valence-electron chi connectivity index (χ0n) is 16.5. The van der Waals surface area contributed by atoms with Crippen LogP contribution in [0.15, 0.2) is 73.2 Å². The first-order valence-electron chi connectivity index (χ1n) is 9.65. The number of benzene rings is 2. The molecular weight excluding hydrogens is 382 g/mol. The minimum atomic E-state index is -0.585. The summed E-state index contributed by atoms with van der Waals surface area (Å²) in [5.74, 6) is 0.307. The van der Waals surface area contributed by atoms with Crippen molar-refractivity contribution in [2.24, 2.45) is 0 Å². The van der Waals surface area contributed by atoms with E-state index < -0.39 is 5.97 Å². The standard InChI is InChI=1S/C22H21N5O3/c1-2-13-29-19-14-27(18-11-7-4-8-12-18)25-21(19)22(28)30-15-20-24-23-16-26(20)17-9-5-3-6-10-17/h3-12,14,16H,2,13,15H2,1H3. The van der Waals surface area contributed by atoms with E-state index in [0.717, 1.165) is 17.8 Å². The van der Waals surface area contributed by atoms with Crippen molar-refractivity contribution >= 4 is 5.97 Å². The molecule has 0 aliphatic rings. The van der Waals surface area contributed by atoms with Gasteiger partial charge in [0.1, 0.15) is 6.33 Å². The van der Waals surface area contributed by atoms with Gasteiger partial charge in [-0.2, -0.15) is 5.10 Å². The Balaban J connectivity index is 1.54. The van der Waals surface area contributed by atoms with Crippen molar-refractivity contribution in [2.45, 2.75) is 20.0 Å². The maximum Gasteiger partial charge on any atom is 0.363 e. The summed E-state index contributed by atoms with van der Waals surface area (Å²) in [5, 5.41) is 12.4. The molecule has 4 rings (SSSR count). The van der Waals surface area contributed by atoms with Gasteiger partial charge in [-0.15, -0.1) is 10.2 Å². The van der Waals surface area contributed by atoms with Crippen LogP contribution in [0.25, 0.3) is 11.4 Å². The summed E-state index contributed by atoms with van der Waals surface area (Å²) in [5.41, 5.74) is 1.83. The smallest absolute Gasteiger partial charge is 0.363 e. The van der Waals surface area contributed by atoms with Crippen LogP contribution in [0.2, 0.25) is 0 Å². The van der Waals surface area contributed by atoms with Crippen molar-refractivity contribution in [2.75, 3.05) is 6.61 Å². The van der Waals surface area contributed by atoms with Gasteiger partial charge < -0.3 is 9.47 Å². The summed E-state index contributed by atoms with van der Waals surface area (Å²) in [6, 6.07) is 19.1. The lowest BCUT2D eigenvalue weighted by molar-refractivity contribution is 0.0448. The molecule has 0 spiro atoms. The number of carbonyl (C=O) groups is 1. The summed E-state index contributed by atoms with van der Waals surface area (Å²) in [7, 11) is 0. The van der Waals surface area contributed by atoms with Crippen molar-refractivity contribution in [1.82, 2.24) is 24.5 Å². The first kappa shape index (κ1) is 19.4. The number of hydrogen-bond acceptors (Lipinski definition) is 6. The molecule has 152 valence electrons. The Labute approximate surface area is 173 Å². The lowest BCUT2D eigenvalue weighted by Gasteiger charge is -2.07. The summed E-state index contributed by atoms with van der Waals surface area (Å²) in [4.78, 5) is 12.8. The fourth-order valence-electron chi connectivity index (χ4n) is 2.89. The highest BCUT2D eigenvalue weighted by molar-refractivity contribution is 5.90. The van der Waals surface area contributed by atoms with E-state index in [1.165, 1.54) is 0 Å². The van der Waals surface area contributed by atoms with Crippen LogP contribution in [0.4, 0.5) is 0 Å². The van der Waals surface area contributed by atoms with E-state index in [4.69, 9.17) is 9.47 Å². The largest absolute Gasteiger partial charge is 0.489 e. The van der Waals surface area contributed by atoms with Gasteiger partial charge >= 0.3 is 5.97 Å². The van der Waals surface area contributed by atoms with Gasteiger partial charge in [0, 0.05) is 5.69 Å². The fraction of sp³-hybridized carbons (Fsp3) is 0.182. The van der Waals surface area contributed by atoms with Crippen molar-refractivity contribution in [3.05, 3.63) is 84.7 Å². The number of rotatable bonds is 8. The van der Waals surface area contributed by atoms with E-state index in [0.29, 0.717) is 18.2 Å². The number of aromatic nitrogens is 5. The first-order valence-corrected chi connectivity index (χ1v) is 9.65. The summed E-state index contributed by atoms with van der Waals surface area (Å²) < 4.78 is 14.6. The Morgan fingerprint density at radius 1 is 1.00 bits per heavy atom. The Hall–Kier alpha value is -3.94. The molecular formula is C22H21N5O3. The van der Waals surface area contributed by atoms with Gasteiger partial charge in [0.15, 0.2) is 18.2 Å². The Morgan fingerprint density at radius 3 is 2.40 bits per heavy atom. The summed E-state index contributed by atoms with van der Waals surface area (Å²) in [6.45, 7) is 2.43. The zero-order valence-corrected chi connectivity index (χ0v) is 16.5. The van der Waals surface area contributed by atoms with Crippen molar-refractivity contribution < 1.29 is 14.3 Å². The van der Waals surface area contributed by atoms with Crippen LogP contribution in [-0.4, -0.2) is 37.1 Å². The van der Waals surface area contributed by atoms with Crippen LogP contribution >= 0.6 is 0 Å². The average Bonchev–Trinajstić information content (AvgIpc) is 3.44. The molecule has 0 saturated heterocycles. The van der Waals surface area contributed by atoms with Crippen LogP contribution in [-0.2, 0) is 11.3 Å². The molecule has 0 bridgehead atoms. The first-order chi connectivity index (χ1) is 14.8. The number of ether oxygens (including phenoxy) is 2. The Kier molecular flexibility index (Phi) is 5.84. The van der Waals surface area contributed by atoms with Gasteiger partial charge in [-0.05, 0) is 30.7 Å². The lowest BCUT2D eigenvalue weighted by Crippen LogP contribution is -2.11. The Bertz CT molecular complexity index is 1110. The van der Waals surface area contributed by atoms with Crippen LogP contribution in [0.3, 0.4) is 0 Å². The van der Waals surface area contributed by atoms with Gasteiger partial charge in [-0.3, -0.25) is 4.57 Å². The molecule has 8 heteroatoms. The van der Waals surface area contributed by atoms with Crippen LogP contribution in [0.1, 0.15) is 29.7 Å². The molecule has 0 fully saturated rings. The summed E-state index contributed by atoms with van der Waals surface area (Å²) >= 11 is 0. The van der Waals surface area contributed by atoms with E-state index in [-0.39, 0.29) is 12.3 Å². The number of esters is 1. The number of para-hydroxylation sites is 2. The molecule has 2 aromatic heterocycles. The van der Waals surface area contributed by atoms with Gasteiger partial charge in [0.25, 0.3) is 0 Å². The number of hydrogen-bond donors (Lipinski definition) is 0. The molecule has 0 saturated carbocycles. The third kappa shape index (κ3) is 4.22. The molecule has 0 aliphatic heterocycles. The quantitative estimate of drug-likeness (QED) is 0.418. The molecule has 2 heterocycles. The zero-order chi connectivity index (χ0) is 20.8. The van der Waals surface area contributed by atoms with E-state index in [9.17, 15) is 4.79 Å². The van der Waals surface area contributed by atoms with E-state index in [2.05, 4.69) is 15.3 Å². The third-order valence-electron chi connectivity index (χ3n) is 4.34. The highest BCUT2D eigenvalue weighted by Gasteiger charge is 2.21. The molecule has 4 aromatic rings. The van der Waals surface area contributed by atoms with E-state index in [1.807, 2.05) is 67.6 Å². The molecule has 0 N–H and O–H groups in total. The van der Waals surface area contributed by atoms with Gasteiger partial charge in [-0.25, -0.2) is 9.48 Å². The molecule has 2 aromatic carbocycles. The van der Waals surface area contributed by atoms with Crippen LogP contribution in [0.5, 0.6) is 5.75 Å². The molecule has 8 nitrogen and oxygen atoms in total. The Morgan fingerprint density at radius 2 is 1.70 bits per heavy atom. The second-order valence-corrected chi connectivity index (χ2v) is 6.50. The van der Waals surface area contributed by atoms with Crippen LogP contribution in [0, 0.1) is 0 Å². The highest BCUT2D eigenvalue weighted by Crippen LogP contribution is 2.22. The fourth-order valence-corrected chi connectivity index (χ4v) is 2.89. The van der Waals surface area contributed by atoms with Gasteiger partial charge in [-0.1, -0.05) is 43.3 Å². The van der Waals surface area contributed by atoms with Crippen molar-refractivity contribution in [3.8, 4) is 17.1 Å². The number of nitrogens with zero attached hydrogens (tertiary/aromatic N) is 5. The highest BCUT2D eigenvalue weighted by atomic mass is 16.5. The predicted octanol–water partition coefficient (Wildman–Crippen LogP) is 3.60. The minimum absolute atomic E-state index is 0.0425. The number of carbonyl (C=O) groups excluding carboxylic acids is 1. The van der Waals surface area contributed by atoms with E-state index >= 15 is 0 Å². The molecule has 0 aliphatic carbocycles. The monoisotopic (exact) mass is 403 g/mol. The second-order valence-electron chi connectivity index (χ2n) is 6.50. The molecule has 0 unspecified atom stereocenters. The maximum absolute atomic E-state index is 12.8. The van der Waals surface area contributed by atoms with Gasteiger partial charge in [0.2, 0.25) is 5.69 Å². The lowest BCUT2D eigenvalue weighted by atomic mass is 10.3. The molecule has 0 atom stereocenters. The molecule has 30 heavy (non-hydrogen) atoms. The summed E-state index contributed by atoms with van der Waals surface area (Å²) in [6.07, 6.45) is 4.08. The average molecular weight is 403 g/mol.